The third kappa shape index (κ3) is 9.00. The molecule has 4 radical (unpaired) electrons. The van der Waals surface area contributed by atoms with Crippen LogP contribution in [-0.2, 0) is 61.6 Å². The molecule has 0 spiro atoms. The number of rotatable bonds is 0. The zero-order valence-electron chi connectivity index (χ0n) is 1.49. The van der Waals surface area contributed by atoms with Crippen LogP contribution in [0.3, 0.4) is 0 Å². The predicted octanol–water partition coefficient (Wildman–Crippen LogP) is 0.0738. The third-order valence-electron chi connectivity index (χ3n) is 0. The molecule has 0 aromatic carbocycles. The van der Waals surface area contributed by atoms with Gasteiger partial charge < -0.3 is 0 Å². The van der Waals surface area contributed by atoms with E-state index in [9.17, 15) is 0 Å². The topological polar surface area (TPSA) is 0 Å². The minimum atomic E-state index is 0. The van der Waals surface area contributed by atoms with E-state index in [1.165, 1.54) is 0 Å². The standard InChI is InChI=1S/C.2Pt.Ru. The minimum absolute atomic E-state index is 0. The van der Waals surface area contributed by atoms with Crippen LogP contribution in [0.1, 0.15) is 0 Å². The van der Waals surface area contributed by atoms with E-state index in [0.29, 0.717) is 0 Å². The fraction of sp³-hybridized carbons (Fsp3) is 0. The van der Waals surface area contributed by atoms with Gasteiger partial charge in [0.2, 0.25) is 0 Å². The minimum Gasteiger partial charge on any atom is 0 e. The van der Waals surface area contributed by atoms with Crippen molar-refractivity contribution in [1.82, 2.24) is 0 Å². The molecule has 0 rings (SSSR count). The maximum absolute atomic E-state index is 0. The molecule has 0 bridgehead atoms. The molecule has 0 aromatic heterocycles. The molecule has 0 heterocycles. The van der Waals surface area contributed by atoms with E-state index in [-0.39, 0.29) is 69.0 Å². The van der Waals surface area contributed by atoms with Crippen LogP contribution >= 0.6 is 0 Å². The van der Waals surface area contributed by atoms with Gasteiger partial charge >= 0.3 is 0 Å². The predicted molar refractivity (Wildman–Crippen MR) is 3.24 cm³/mol. The molecule has 0 amide bonds. The summed E-state index contributed by atoms with van der Waals surface area (Å²) in [6, 6.07) is 0. The summed E-state index contributed by atoms with van der Waals surface area (Å²) in [5, 5.41) is 0. The summed E-state index contributed by atoms with van der Waals surface area (Å²) in [5.41, 5.74) is 0. The van der Waals surface area contributed by atoms with Gasteiger partial charge in [-0.1, -0.05) is 0 Å². The van der Waals surface area contributed by atoms with Crippen molar-refractivity contribution >= 4 is 0 Å². The molecule has 32 valence electrons. The Morgan fingerprint density at radius 1 is 0.750 bits per heavy atom. The van der Waals surface area contributed by atoms with Crippen molar-refractivity contribution in [3.8, 4) is 0 Å². The van der Waals surface area contributed by atoms with Crippen LogP contribution in [0.15, 0.2) is 0 Å². The van der Waals surface area contributed by atoms with E-state index < -0.39 is 0 Å². The fourth-order valence-electron chi connectivity index (χ4n) is 0. The Balaban J connectivity index is 0. The Morgan fingerprint density at radius 2 is 0.750 bits per heavy atom. The van der Waals surface area contributed by atoms with E-state index in [0.717, 1.165) is 0 Å². The second-order valence-corrected chi connectivity index (χ2v) is 0. The third-order valence-corrected chi connectivity index (χ3v) is 0. The molecule has 0 N–H and O–H groups in total. The first-order valence-corrected chi connectivity index (χ1v) is 0. The van der Waals surface area contributed by atoms with Gasteiger partial charge in [0, 0.05) is 69.0 Å². The Bertz CT molecular complexity index is 6.00. The average Bonchev–Trinajstić information content (AvgIpc) is 0. The first kappa shape index (κ1) is 37.5. The van der Waals surface area contributed by atoms with E-state index >= 15 is 0 Å². The zero-order chi connectivity index (χ0) is 0. The van der Waals surface area contributed by atoms with Gasteiger partial charge in [-0.2, -0.15) is 0 Å². The van der Waals surface area contributed by atoms with Gasteiger partial charge in [0.1, 0.15) is 0 Å². The second-order valence-electron chi connectivity index (χ2n) is 0. The molecule has 0 aliphatic carbocycles. The van der Waals surface area contributed by atoms with Crippen molar-refractivity contribution in [3.63, 3.8) is 0 Å². The maximum atomic E-state index is 0. The Hall–Kier alpha value is 2.00. The van der Waals surface area contributed by atoms with Gasteiger partial charge in [-0.3, -0.25) is 0 Å². The molecule has 0 unspecified atom stereocenters. The summed E-state index contributed by atoms with van der Waals surface area (Å²) in [6.07, 6.45) is 0. The maximum Gasteiger partial charge on any atom is 0 e. The number of hydrogen-bond acceptors (Lipinski definition) is 0. The summed E-state index contributed by atoms with van der Waals surface area (Å²) < 4.78 is 0. The molecule has 3 heteroatoms. The van der Waals surface area contributed by atoms with Gasteiger partial charge in [-0.15, -0.1) is 0 Å². The van der Waals surface area contributed by atoms with Crippen molar-refractivity contribution in [2.75, 3.05) is 0 Å². The molecule has 0 nitrogen and oxygen atoms in total. The van der Waals surface area contributed by atoms with Gasteiger partial charge in [-0.05, 0) is 0 Å². The second kappa shape index (κ2) is 20.0. The van der Waals surface area contributed by atoms with Crippen LogP contribution in [-0.4, -0.2) is 0 Å². The molecule has 4 heavy (non-hydrogen) atoms. The average molecular weight is 503 g/mol. The molecule has 0 aliphatic heterocycles. The van der Waals surface area contributed by atoms with E-state index in [4.69, 9.17) is 0 Å². The Labute approximate surface area is 68.4 Å². The molecule has 0 aliphatic rings. The van der Waals surface area contributed by atoms with Crippen LogP contribution in [0.4, 0.5) is 0 Å². The molecule has 0 atom stereocenters. The van der Waals surface area contributed by atoms with Crippen LogP contribution in [0, 0.1) is 7.43 Å². The van der Waals surface area contributed by atoms with Crippen LogP contribution in [0.2, 0.25) is 0 Å². The van der Waals surface area contributed by atoms with E-state index in [1.807, 2.05) is 0 Å². The zero-order valence-corrected chi connectivity index (χ0v) is 7.77. The van der Waals surface area contributed by atoms with Gasteiger partial charge in [-0.25, -0.2) is 0 Å². The first-order valence-electron chi connectivity index (χ1n) is 0. The Kier molecular flexibility index (Phi) is 188. The van der Waals surface area contributed by atoms with Gasteiger partial charge in [0.05, 0.1) is 0 Å². The van der Waals surface area contributed by atoms with Crippen molar-refractivity contribution in [3.05, 3.63) is 7.43 Å². The molecule has 0 fully saturated rings. The summed E-state index contributed by atoms with van der Waals surface area (Å²) in [7, 11) is 0. The van der Waals surface area contributed by atoms with Crippen LogP contribution in [0.5, 0.6) is 0 Å². The normalized spacial score (nSPS) is 0. The van der Waals surface area contributed by atoms with Crippen molar-refractivity contribution in [1.29, 1.82) is 0 Å². The van der Waals surface area contributed by atoms with E-state index in [2.05, 4.69) is 0 Å². The summed E-state index contributed by atoms with van der Waals surface area (Å²) in [4.78, 5) is 0. The van der Waals surface area contributed by atoms with Gasteiger partial charge in [0.15, 0.2) is 0 Å². The summed E-state index contributed by atoms with van der Waals surface area (Å²) in [5.74, 6) is 0. The SMILES string of the molecule is [C].[Pt].[Pt].[Ru]. The van der Waals surface area contributed by atoms with Gasteiger partial charge in [0.25, 0.3) is 0 Å². The largest absolute Gasteiger partial charge is 0 e. The van der Waals surface area contributed by atoms with Crippen LogP contribution < -0.4 is 0 Å². The number of hydrogen-bond donors (Lipinski definition) is 0. The van der Waals surface area contributed by atoms with Crippen molar-refractivity contribution in [2.24, 2.45) is 0 Å². The van der Waals surface area contributed by atoms with Crippen LogP contribution in [0.25, 0.3) is 0 Å². The molecule has 0 saturated carbocycles. The molecule has 0 aromatic rings. The fourth-order valence-corrected chi connectivity index (χ4v) is 0. The van der Waals surface area contributed by atoms with Crippen molar-refractivity contribution < 1.29 is 61.6 Å². The van der Waals surface area contributed by atoms with Crippen molar-refractivity contribution in [2.45, 2.75) is 0 Å². The molecule has 0 saturated heterocycles. The first-order chi connectivity index (χ1) is 0. The van der Waals surface area contributed by atoms with E-state index in [1.54, 1.807) is 0 Å². The smallest absolute Gasteiger partial charge is 0 e. The Morgan fingerprint density at radius 3 is 0.750 bits per heavy atom. The quantitative estimate of drug-likeness (QED) is 0.411. The molecular formula is CPt2Ru. The summed E-state index contributed by atoms with van der Waals surface area (Å²) >= 11 is 0. The monoisotopic (exact) mass is 504 g/mol. The summed E-state index contributed by atoms with van der Waals surface area (Å²) in [6.45, 7) is 0. The molecular weight excluding hydrogens is 503 g/mol.